The van der Waals surface area contributed by atoms with E-state index in [-0.39, 0.29) is 0 Å². The van der Waals surface area contributed by atoms with Crippen molar-refractivity contribution in [2.75, 3.05) is 6.61 Å². The molecule has 0 saturated carbocycles. The van der Waals surface area contributed by atoms with Gasteiger partial charge in [-0.05, 0) is 12.8 Å². The van der Waals surface area contributed by atoms with E-state index in [1.165, 1.54) is 0 Å². The van der Waals surface area contributed by atoms with Crippen LogP contribution in [0.15, 0.2) is 0 Å². The van der Waals surface area contributed by atoms with Crippen molar-refractivity contribution in [3.05, 3.63) is 0 Å². The van der Waals surface area contributed by atoms with E-state index in [1.807, 2.05) is 0 Å². The average Bonchev–Trinajstić information content (AvgIpc) is 2.68. The van der Waals surface area contributed by atoms with Crippen LogP contribution in [0.2, 0.25) is 0 Å². The molecule has 0 aromatic rings. The highest BCUT2D eigenvalue weighted by atomic mass is 16.5. The van der Waals surface area contributed by atoms with E-state index < -0.39 is 36.4 Å². The molecule has 7 nitrogen and oxygen atoms in total. The number of carbonyl (C=O) groups excluding carboxylic acids is 1. The molecule has 0 spiro atoms. The van der Waals surface area contributed by atoms with Gasteiger partial charge in [-0.2, -0.15) is 0 Å². The Labute approximate surface area is 91.4 Å². The van der Waals surface area contributed by atoms with Gasteiger partial charge in [0.2, 0.25) is 5.91 Å². The number of hydrogen-bond donors (Lipinski definition) is 3. The Morgan fingerprint density at radius 1 is 1.38 bits per heavy atom. The molecule has 1 aliphatic rings. The Hall–Kier alpha value is -1.63. The lowest BCUT2D eigenvalue weighted by molar-refractivity contribution is -0.148. The summed E-state index contributed by atoms with van der Waals surface area (Å²) in [5.41, 5.74) is 0. The summed E-state index contributed by atoms with van der Waals surface area (Å²) >= 11 is 0. The van der Waals surface area contributed by atoms with Crippen LogP contribution in [0, 0.1) is 0 Å². The van der Waals surface area contributed by atoms with Crippen LogP contribution < -0.4 is 5.32 Å². The van der Waals surface area contributed by atoms with Crippen molar-refractivity contribution in [2.45, 2.75) is 31.4 Å². The van der Waals surface area contributed by atoms with Gasteiger partial charge in [-0.15, -0.1) is 0 Å². The molecule has 1 rings (SSSR count). The fourth-order valence-electron chi connectivity index (χ4n) is 1.42. The molecule has 0 radical (unpaired) electrons. The van der Waals surface area contributed by atoms with E-state index in [0.29, 0.717) is 13.0 Å². The second kappa shape index (κ2) is 5.45. The van der Waals surface area contributed by atoms with Crippen molar-refractivity contribution < 1.29 is 29.3 Å². The molecular formula is C9H13NO6. The van der Waals surface area contributed by atoms with Crippen molar-refractivity contribution in [2.24, 2.45) is 0 Å². The molecule has 3 N–H and O–H groups in total. The van der Waals surface area contributed by atoms with E-state index in [4.69, 9.17) is 14.9 Å². The van der Waals surface area contributed by atoms with Crippen LogP contribution in [0.5, 0.6) is 0 Å². The van der Waals surface area contributed by atoms with E-state index in [9.17, 15) is 14.4 Å². The minimum absolute atomic E-state index is 0.467. The zero-order chi connectivity index (χ0) is 12.1. The van der Waals surface area contributed by atoms with Gasteiger partial charge in [0, 0.05) is 6.61 Å². The molecule has 7 heteroatoms. The lowest BCUT2D eigenvalue weighted by atomic mass is 10.1. The maximum absolute atomic E-state index is 11.4. The molecule has 1 fully saturated rings. The topological polar surface area (TPSA) is 113 Å². The number of carboxylic acids is 2. The van der Waals surface area contributed by atoms with Crippen molar-refractivity contribution in [3.8, 4) is 0 Å². The van der Waals surface area contributed by atoms with Gasteiger partial charge in [0.25, 0.3) is 0 Å². The van der Waals surface area contributed by atoms with Gasteiger partial charge in [0.15, 0.2) is 0 Å². The first kappa shape index (κ1) is 12.4. The van der Waals surface area contributed by atoms with E-state index in [1.54, 1.807) is 0 Å². The van der Waals surface area contributed by atoms with Crippen molar-refractivity contribution in [1.82, 2.24) is 5.32 Å². The molecule has 2 atom stereocenters. The predicted molar refractivity (Wildman–Crippen MR) is 50.8 cm³/mol. The summed E-state index contributed by atoms with van der Waals surface area (Å²) in [6.45, 7) is 0.467. The third-order valence-electron chi connectivity index (χ3n) is 2.22. The number of carbonyl (C=O) groups is 3. The fourth-order valence-corrected chi connectivity index (χ4v) is 1.42. The number of rotatable bonds is 5. The maximum atomic E-state index is 11.4. The molecule has 90 valence electrons. The number of hydrogen-bond acceptors (Lipinski definition) is 4. The number of carboxylic acid groups (broad SMARTS) is 2. The van der Waals surface area contributed by atoms with Gasteiger partial charge in [-0.3, -0.25) is 9.59 Å². The second-order valence-corrected chi connectivity index (χ2v) is 3.50. The first-order chi connectivity index (χ1) is 7.50. The molecule has 0 bridgehead atoms. The normalized spacial score (nSPS) is 21.4. The van der Waals surface area contributed by atoms with Gasteiger partial charge in [0.05, 0.1) is 6.42 Å². The van der Waals surface area contributed by atoms with E-state index in [0.717, 1.165) is 6.42 Å². The van der Waals surface area contributed by atoms with Gasteiger partial charge >= 0.3 is 11.9 Å². The monoisotopic (exact) mass is 231 g/mol. The second-order valence-electron chi connectivity index (χ2n) is 3.50. The van der Waals surface area contributed by atoms with Gasteiger partial charge in [-0.1, -0.05) is 0 Å². The Morgan fingerprint density at radius 3 is 2.50 bits per heavy atom. The number of aliphatic carboxylic acids is 2. The van der Waals surface area contributed by atoms with Crippen LogP contribution in [0.25, 0.3) is 0 Å². The molecule has 1 saturated heterocycles. The third kappa shape index (κ3) is 3.50. The number of nitrogens with one attached hydrogen (secondary N) is 1. The summed E-state index contributed by atoms with van der Waals surface area (Å²) in [5, 5.41) is 19.3. The molecular weight excluding hydrogens is 218 g/mol. The Kier molecular flexibility index (Phi) is 4.24. The SMILES string of the molecule is O=C(O)C[C@@H](NC(=O)C1CCCO1)C(=O)O. The van der Waals surface area contributed by atoms with Crippen LogP contribution in [-0.2, 0) is 19.1 Å². The van der Waals surface area contributed by atoms with Crippen LogP contribution >= 0.6 is 0 Å². The lowest BCUT2D eigenvalue weighted by Crippen LogP contribution is -2.46. The van der Waals surface area contributed by atoms with E-state index in [2.05, 4.69) is 5.32 Å². The maximum Gasteiger partial charge on any atom is 0.326 e. The summed E-state index contributed by atoms with van der Waals surface area (Å²) < 4.78 is 5.05. The van der Waals surface area contributed by atoms with E-state index >= 15 is 0 Å². The van der Waals surface area contributed by atoms with Gasteiger partial charge in [-0.25, -0.2) is 4.79 Å². The minimum Gasteiger partial charge on any atom is -0.481 e. The highest BCUT2D eigenvalue weighted by Crippen LogP contribution is 2.12. The summed E-state index contributed by atoms with van der Waals surface area (Å²) in [5.74, 6) is -3.21. The molecule has 1 heterocycles. The summed E-state index contributed by atoms with van der Waals surface area (Å²) in [7, 11) is 0. The molecule has 16 heavy (non-hydrogen) atoms. The standard InChI is InChI=1S/C9H13NO6/c11-7(12)4-5(9(14)15)10-8(13)6-2-1-3-16-6/h5-6H,1-4H2,(H,10,13)(H,11,12)(H,14,15)/t5-,6?/m1/s1. The van der Waals surface area contributed by atoms with Crippen LogP contribution in [0.3, 0.4) is 0 Å². The highest BCUT2D eigenvalue weighted by Gasteiger charge is 2.29. The zero-order valence-corrected chi connectivity index (χ0v) is 8.51. The number of ether oxygens (including phenoxy) is 1. The molecule has 1 amide bonds. The van der Waals surface area contributed by atoms with Crippen molar-refractivity contribution in [3.63, 3.8) is 0 Å². The van der Waals surface area contributed by atoms with Gasteiger partial charge < -0.3 is 20.3 Å². The number of amides is 1. The Bertz CT molecular complexity index is 296. The third-order valence-corrected chi connectivity index (χ3v) is 2.22. The molecule has 0 aromatic heterocycles. The molecule has 0 aliphatic carbocycles. The minimum atomic E-state index is -1.41. The lowest BCUT2D eigenvalue weighted by Gasteiger charge is -2.15. The molecule has 1 unspecified atom stereocenters. The fraction of sp³-hybridized carbons (Fsp3) is 0.667. The van der Waals surface area contributed by atoms with Crippen molar-refractivity contribution >= 4 is 17.8 Å². The first-order valence-corrected chi connectivity index (χ1v) is 4.87. The van der Waals surface area contributed by atoms with Crippen LogP contribution in [0.1, 0.15) is 19.3 Å². The predicted octanol–water partition coefficient (Wildman–Crippen LogP) is -0.790. The first-order valence-electron chi connectivity index (χ1n) is 4.87. The summed E-state index contributed by atoms with van der Waals surface area (Å²) in [6, 6.07) is -1.41. The van der Waals surface area contributed by atoms with Crippen LogP contribution in [-0.4, -0.2) is 46.8 Å². The van der Waals surface area contributed by atoms with Gasteiger partial charge in [0.1, 0.15) is 12.1 Å². The Morgan fingerprint density at radius 2 is 2.06 bits per heavy atom. The zero-order valence-electron chi connectivity index (χ0n) is 8.51. The van der Waals surface area contributed by atoms with Crippen LogP contribution in [0.4, 0.5) is 0 Å². The highest BCUT2D eigenvalue weighted by molar-refractivity contribution is 5.88. The largest absolute Gasteiger partial charge is 0.481 e. The van der Waals surface area contributed by atoms with Crippen molar-refractivity contribution in [1.29, 1.82) is 0 Å². The summed E-state index contributed by atoms with van der Waals surface area (Å²) in [4.78, 5) is 32.5. The Balaban J connectivity index is 2.50. The average molecular weight is 231 g/mol. The summed E-state index contributed by atoms with van der Waals surface area (Å²) in [6.07, 6.45) is -0.0241. The molecule has 1 aliphatic heterocycles. The smallest absolute Gasteiger partial charge is 0.326 e. The quantitative estimate of drug-likeness (QED) is 0.571. The molecule has 0 aromatic carbocycles.